The largest absolute Gasteiger partial charge is 0.297 e. The molecule has 0 radical (unpaired) electrons. The molecule has 84 valence electrons. The molecule has 0 aliphatic carbocycles. The number of hydrogen-bond donors (Lipinski definition) is 0. The van der Waals surface area contributed by atoms with Gasteiger partial charge in [-0.1, -0.05) is 17.7 Å². The Morgan fingerprint density at radius 3 is 3.06 bits per heavy atom. The first-order valence-electron chi connectivity index (χ1n) is 5.79. The van der Waals surface area contributed by atoms with Gasteiger partial charge in [0.05, 0.1) is 10.7 Å². The predicted molar refractivity (Wildman–Crippen MR) is 66.4 cm³/mol. The third-order valence-corrected chi connectivity index (χ3v) is 4.11. The van der Waals surface area contributed by atoms with E-state index in [4.69, 9.17) is 11.6 Å². The number of rotatable bonds is 1. The second-order valence-electron chi connectivity index (χ2n) is 4.69. The Labute approximate surface area is 101 Å². The molecule has 0 saturated carbocycles. The van der Waals surface area contributed by atoms with E-state index in [0.29, 0.717) is 12.1 Å². The summed E-state index contributed by atoms with van der Waals surface area (Å²) < 4.78 is 0. The summed E-state index contributed by atoms with van der Waals surface area (Å²) in [6.45, 7) is 0. The number of hydrogen-bond acceptors (Lipinski definition) is 2. The van der Waals surface area contributed by atoms with Crippen LogP contribution in [0.3, 0.4) is 0 Å². The van der Waals surface area contributed by atoms with Gasteiger partial charge in [-0.15, -0.1) is 0 Å². The zero-order valence-electron chi connectivity index (χ0n) is 9.36. The minimum absolute atomic E-state index is 0.590. The molecule has 2 nitrogen and oxygen atoms in total. The molecule has 2 atom stereocenters. The Balaban J connectivity index is 1.98. The summed E-state index contributed by atoms with van der Waals surface area (Å²) in [5.41, 5.74) is 2.31. The molecule has 2 unspecified atom stereocenters. The molecular formula is C13H15ClN2. The summed E-state index contributed by atoms with van der Waals surface area (Å²) in [5, 5.41) is 0.776. The van der Waals surface area contributed by atoms with Crippen LogP contribution in [0.15, 0.2) is 24.4 Å². The van der Waals surface area contributed by atoms with Gasteiger partial charge in [-0.2, -0.15) is 0 Å². The number of pyridine rings is 1. The molecule has 3 heteroatoms. The summed E-state index contributed by atoms with van der Waals surface area (Å²) in [6, 6.07) is 5.08. The quantitative estimate of drug-likeness (QED) is 0.743. The summed E-state index contributed by atoms with van der Waals surface area (Å²) in [4.78, 5) is 6.88. The first kappa shape index (κ1) is 10.3. The maximum atomic E-state index is 6.19. The molecule has 0 N–H and O–H groups in total. The monoisotopic (exact) mass is 234 g/mol. The van der Waals surface area contributed by atoms with E-state index in [1.807, 2.05) is 18.3 Å². The summed E-state index contributed by atoms with van der Waals surface area (Å²) in [5.74, 6) is 0. The SMILES string of the molecule is CN1C2C=C(c3ncccc3Cl)CC1CC2. The normalized spacial score (nSPS) is 29.2. The van der Waals surface area contributed by atoms with Gasteiger partial charge < -0.3 is 0 Å². The highest BCUT2D eigenvalue weighted by atomic mass is 35.5. The first-order chi connectivity index (χ1) is 7.75. The lowest BCUT2D eigenvalue weighted by molar-refractivity contribution is 0.264. The van der Waals surface area contributed by atoms with Crippen molar-refractivity contribution in [2.75, 3.05) is 7.05 Å². The topological polar surface area (TPSA) is 16.1 Å². The molecule has 2 aliphatic heterocycles. The van der Waals surface area contributed by atoms with Crippen molar-refractivity contribution in [1.29, 1.82) is 0 Å². The van der Waals surface area contributed by atoms with Crippen molar-refractivity contribution in [3.63, 3.8) is 0 Å². The molecule has 16 heavy (non-hydrogen) atoms. The summed E-state index contributed by atoms with van der Waals surface area (Å²) in [7, 11) is 2.22. The third kappa shape index (κ3) is 1.57. The number of halogens is 1. The number of nitrogens with zero attached hydrogens (tertiary/aromatic N) is 2. The minimum Gasteiger partial charge on any atom is -0.297 e. The van der Waals surface area contributed by atoms with Crippen LogP contribution in [0.2, 0.25) is 5.02 Å². The molecule has 0 spiro atoms. The van der Waals surface area contributed by atoms with E-state index in [0.717, 1.165) is 17.1 Å². The van der Waals surface area contributed by atoms with E-state index >= 15 is 0 Å². The van der Waals surface area contributed by atoms with E-state index in [9.17, 15) is 0 Å². The van der Waals surface area contributed by atoms with Crippen molar-refractivity contribution in [2.45, 2.75) is 31.3 Å². The molecule has 1 aromatic rings. The van der Waals surface area contributed by atoms with Gasteiger partial charge in [-0.25, -0.2) is 0 Å². The molecule has 0 amide bonds. The highest BCUT2D eigenvalue weighted by Gasteiger charge is 2.34. The Hall–Kier alpha value is -0.860. The fourth-order valence-corrected chi connectivity index (χ4v) is 3.08. The molecular weight excluding hydrogens is 220 g/mol. The highest BCUT2D eigenvalue weighted by Crippen LogP contribution is 2.38. The van der Waals surface area contributed by atoms with E-state index in [1.165, 1.54) is 18.4 Å². The zero-order chi connectivity index (χ0) is 11.1. The van der Waals surface area contributed by atoms with Crippen LogP contribution < -0.4 is 0 Å². The fraction of sp³-hybridized carbons (Fsp3) is 0.462. The molecule has 0 aromatic carbocycles. The maximum absolute atomic E-state index is 6.19. The maximum Gasteiger partial charge on any atom is 0.0845 e. The van der Waals surface area contributed by atoms with Crippen LogP contribution in [0.5, 0.6) is 0 Å². The van der Waals surface area contributed by atoms with Crippen molar-refractivity contribution >= 4 is 17.2 Å². The molecule has 3 heterocycles. The first-order valence-corrected chi connectivity index (χ1v) is 6.17. The van der Waals surface area contributed by atoms with E-state index in [-0.39, 0.29) is 0 Å². The van der Waals surface area contributed by atoms with Gasteiger partial charge in [0.25, 0.3) is 0 Å². The Morgan fingerprint density at radius 2 is 2.31 bits per heavy atom. The summed E-state index contributed by atoms with van der Waals surface area (Å²) >= 11 is 6.19. The number of aromatic nitrogens is 1. The lowest BCUT2D eigenvalue weighted by Crippen LogP contribution is -2.34. The lowest BCUT2D eigenvalue weighted by Gasteiger charge is -2.30. The van der Waals surface area contributed by atoms with Crippen molar-refractivity contribution in [3.8, 4) is 0 Å². The number of likely N-dealkylation sites (N-methyl/N-ethyl adjacent to an activating group) is 1. The van der Waals surface area contributed by atoms with Crippen LogP contribution in [-0.4, -0.2) is 29.0 Å². The standard InChI is InChI=1S/C13H15ClN2/c1-16-10-4-5-11(16)8-9(7-10)13-12(14)3-2-6-15-13/h2-3,6-7,10-11H,4-5,8H2,1H3. The van der Waals surface area contributed by atoms with Gasteiger partial charge in [-0.3, -0.25) is 9.88 Å². The molecule has 2 bridgehead atoms. The van der Waals surface area contributed by atoms with Gasteiger partial charge in [0.1, 0.15) is 0 Å². The van der Waals surface area contributed by atoms with Crippen LogP contribution in [0.1, 0.15) is 25.0 Å². The Morgan fingerprint density at radius 1 is 1.44 bits per heavy atom. The van der Waals surface area contributed by atoms with Crippen LogP contribution in [-0.2, 0) is 0 Å². The van der Waals surface area contributed by atoms with Crippen LogP contribution in [0, 0.1) is 0 Å². The minimum atomic E-state index is 0.590. The fourth-order valence-electron chi connectivity index (χ4n) is 2.84. The second-order valence-corrected chi connectivity index (χ2v) is 5.10. The summed E-state index contributed by atoms with van der Waals surface area (Å²) in [6.07, 6.45) is 7.82. The highest BCUT2D eigenvalue weighted by molar-refractivity contribution is 6.32. The van der Waals surface area contributed by atoms with Crippen molar-refractivity contribution in [3.05, 3.63) is 35.1 Å². The molecule has 1 fully saturated rings. The van der Waals surface area contributed by atoms with Crippen LogP contribution >= 0.6 is 11.6 Å². The molecule has 1 aromatic heterocycles. The van der Waals surface area contributed by atoms with Gasteiger partial charge in [0.15, 0.2) is 0 Å². The van der Waals surface area contributed by atoms with Gasteiger partial charge in [0, 0.05) is 18.3 Å². The van der Waals surface area contributed by atoms with Gasteiger partial charge in [-0.05, 0) is 44.0 Å². The van der Waals surface area contributed by atoms with Crippen molar-refractivity contribution in [1.82, 2.24) is 9.88 Å². The average molecular weight is 235 g/mol. The van der Waals surface area contributed by atoms with Gasteiger partial charge in [0.2, 0.25) is 0 Å². The smallest absolute Gasteiger partial charge is 0.0845 e. The van der Waals surface area contributed by atoms with Gasteiger partial charge >= 0.3 is 0 Å². The lowest BCUT2D eigenvalue weighted by atomic mass is 9.98. The van der Waals surface area contributed by atoms with Crippen molar-refractivity contribution < 1.29 is 0 Å². The third-order valence-electron chi connectivity index (χ3n) is 3.81. The molecule has 3 rings (SSSR count). The van der Waals surface area contributed by atoms with Crippen LogP contribution in [0.4, 0.5) is 0 Å². The Kier molecular flexibility index (Phi) is 2.49. The molecule has 1 saturated heterocycles. The predicted octanol–water partition coefficient (Wildman–Crippen LogP) is 2.98. The average Bonchev–Trinajstić information content (AvgIpc) is 2.53. The zero-order valence-corrected chi connectivity index (χ0v) is 10.1. The van der Waals surface area contributed by atoms with E-state index in [1.54, 1.807) is 0 Å². The van der Waals surface area contributed by atoms with E-state index < -0.39 is 0 Å². The van der Waals surface area contributed by atoms with Crippen LogP contribution in [0.25, 0.3) is 5.57 Å². The number of fused-ring (bicyclic) bond motifs is 2. The van der Waals surface area contributed by atoms with E-state index in [2.05, 4.69) is 23.0 Å². The molecule has 2 aliphatic rings. The Bertz CT molecular complexity index is 441. The second kappa shape index (κ2) is 3.86. The van der Waals surface area contributed by atoms with Crippen molar-refractivity contribution in [2.24, 2.45) is 0 Å².